The maximum Gasteiger partial charge on any atom is 0.341 e. The van der Waals surface area contributed by atoms with Gasteiger partial charge in [0.2, 0.25) is 0 Å². The van der Waals surface area contributed by atoms with Gasteiger partial charge in [-0.2, -0.15) is 0 Å². The Balaban J connectivity index is 2.66. The van der Waals surface area contributed by atoms with Crippen molar-refractivity contribution in [3.8, 4) is 5.75 Å². The molecule has 0 aromatic heterocycles. The minimum absolute atomic E-state index is 0.217. The van der Waals surface area contributed by atoms with Crippen LogP contribution in [-0.4, -0.2) is 35.8 Å². The number of hydrogen-bond donors (Lipinski definition) is 2. The first-order chi connectivity index (χ1) is 9.91. The van der Waals surface area contributed by atoms with Gasteiger partial charge in [0.05, 0.1) is 0 Å². The number of ether oxygens (including phenoxy) is 2. The van der Waals surface area contributed by atoms with Gasteiger partial charge in [-0.25, -0.2) is 4.79 Å². The summed E-state index contributed by atoms with van der Waals surface area (Å²) in [6.07, 6.45) is 0.562. The highest BCUT2D eigenvalue weighted by Crippen LogP contribution is 2.20. The molecule has 116 valence electrons. The van der Waals surface area contributed by atoms with E-state index in [0.717, 1.165) is 0 Å². The molecule has 1 aromatic carbocycles. The Labute approximate surface area is 124 Å². The van der Waals surface area contributed by atoms with Crippen LogP contribution in [-0.2, 0) is 14.3 Å². The first kappa shape index (κ1) is 17.0. The molecule has 1 atom stereocenters. The second kappa shape index (κ2) is 7.64. The van der Waals surface area contributed by atoms with E-state index in [-0.39, 0.29) is 5.91 Å². The average Bonchev–Trinajstić information content (AvgIpc) is 2.46. The van der Waals surface area contributed by atoms with Crippen molar-refractivity contribution < 1.29 is 24.2 Å². The van der Waals surface area contributed by atoms with E-state index in [1.54, 1.807) is 31.2 Å². The summed E-state index contributed by atoms with van der Waals surface area (Å²) in [5, 5.41) is 11.3. The predicted octanol–water partition coefficient (Wildman–Crippen LogP) is 2.29. The van der Waals surface area contributed by atoms with Crippen molar-refractivity contribution in [2.75, 3.05) is 18.5 Å². The minimum atomic E-state index is -1.04. The predicted molar refractivity (Wildman–Crippen MR) is 78.5 cm³/mol. The number of carboxylic acid groups (broad SMARTS) is 1. The molecule has 0 aliphatic carbocycles. The third kappa shape index (κ3) is 5.07. The summed E-state index contributed by atoms with van der Waals surface area (Å²) in [6, 6.07) is 6.50. The Morgan fingerprint density at radius 1 is 1.24 bits per heavy atom. The van der Waals surface area contributed by atoms with E-state index in [1.165, 1.54) is 0 Å². The van der Waals surface area contributed by atoms with Gasteiger partial charge in [0.25, 0.3) is 5.91 Å². The Kier molecular flexibility index (Phi) is 6.17. The molecule has 1 rings (SSSR count). The molecule has 1 aromatic rings. The van der Waals surface area contributed by atoms with Crippen molar-refractivity contribution in [3.63, 3.8) is 0 Å². The molecule has 0 saturated heterocycles. The van der Waals surface area contributed by atoms with E-state index in [1.807, 2.05) is 13.8 Å². The molecule has 0 unspecified atom stereocenters. The Bertz CT molecular complexity index is 485. The van der Waals surface area contributed by atoms with E-state index in [9.17, 15) is 9.59 Å². The lowest BCUT2D eigenvalue weighted by atomic mass is 10.0. The van der Waals surface area contributed by atoms with E-state index in [4.69, 9.17) is 14.6 Å². The van der Waals surface area contributed by atoms with Crippen LogP contribution in [0.4, 0.5) is 5.69 Å². The number of hydrogen-bond acceptors (Lipinski definition) is 4. The van der Waals surface area contributed by atoms with Crippen LogP contribution in [0.2, 0.25) is 0 Å². The van der Waals surface area contributed by atoms with E-state index in [2.05, 4.69) is 5.32 Å². The van der Waals surface area contributed by atoms with Crippen LogP contribution in [0.25, 0.3) is 0 Å². The van der Waals surface area contributed by atoms with Crippen LogP contribution in [0.15, 0.2) is 24.3 Å². The van der Waals surface area contributed by atoms with Crippen LogP contribution in [0.3, 0.4) is 0 Å². The molecule has 21 heavy (non-hydrogen) atoms. The molecule has 0 aliphatic heterocycles. The summed E-state index contributed by atoms with van der Waals surface area (Å²) in [7, 11) is 0. The van der Waals surface area contributed by atoms with Gasteiger partial charge in [-0.3, -0.25) is 4.79 Å². The second-order valence-corrected chi connectivity index (χ2v) is 4.68. The quantitative estimate of drug-likeness (QED) is 0.768. The van der Waals surface area contributed by atoms with E-state index >= 15 is 0 Å². The maximum absolute atomic E-state index is 12.2. The molecule has 2 N–H and O–H groups in total. The lowest BCUT2D eigenvalue weighted by Gasteiger charge is -2.26. The van der Waals surface area contributed by atoms with Gasteiger partial charge in [0, 0.05) is 12.3 Å². The molecule has 6 heteroatoms. The standard InChI is InChI=1S/C15H21NO5/c1-4-15(3,21-5-2)14(19)16-11-6-8-12(9-7-11)20-10-13(17)18/h6-9H,4-5,10H2,1-3H3,(H,16,19)(H,17,18)/t15-/m1/s1. The van der Waals surface area contributed by atoms with Gasteiger partial charge in [0.1, 0.15) is 11.4 Å². The second-order valence-electron chi connectivity index (χ2n) is 4.68. The third-order valence-electron chi connectivity index (χ3n) is 3.09. The van der Waals surface area contributed by atoms with Crippen LogP contribution in [0.1, 0.15) is 27.2 Å². The lowest BCUT2D eigenvalue weighted by Crippen LogP contribution is -2.42. The topological polar surface area (TPSA) is 84.9 Å². The van der Waals surface area contributed by atoms with Crippen LogP contribution < -0.4 is 10.1 Å². The summed E-state index contributed by atoms with van der Waals surface area (Å²) in [5.74, 6) is -0.827. The largest absolute Gasteiger partial charge is 0.482 e. The molecule has 1 amide bonds. The first-order valence-corrected chi connectivity index (χ1v) is 6.81. The normalized spacial score (nSPS) is 13.3. The van der Waals surface area contributed by atoms with Crippen molar-refractivity contribution in [2.24, 2.45) is 0 Å². The fourth-order valence-electron chi connectivity index (χ4n) is 1.69. The van der Waals surface area contributed by atoms with Gasteiger partial charge < -0.3 is 19.9 Å². The SMILES string of the molecule is CCO[C@](C)(CC)C(=O)Nc1ccc(OCC(=O)O)cc1. The molecule has 0 radical (unpaired) electrons. The number of carbonyl (C=O) groups is 2. The van der Waals surface area contributed by atoms with Gasteiger partial charge in [-0.1, -0.05) is 6.92 Å². The maximum atomic E-state index is 12.2. The third-order valence-corrected chi connectivity index (χ3v) is 3.09. The monoisotopic (exact) mass is 295 g/mol. The molecule has 0 saturated carbocycles. The van der Waals surface area contributed by atoms with Gasteiger partial charge in [-0.05, 0) is 44.5 Å². The summed E-state index contributed by atoms with van der Waals surface area (Å²) < 4.78 is 10.5. The van der Waals surface area contributed by atoms with E-state index in [0.29, 0.717) is 24.5 Å². The van der Waals surface area contributed by atoms with Crippen LogP contribution in [0.5, 0.6) is 5.75 Å². The van der Waals surface area contributed by atoms with Crippen molar-refractivity contribution in [1.82, 2.24) is 0 Å². The molecule has 0 aliphatic rings. The number of carboxylic acids is 1. The molecular formula is C15H21NO5. The molecular weight excluding hydrogens is 274 g/mol. The molecule has 0 spiro atoms. The van der Waals surface area contributed by atoms with Gasteiger partial charge >= 0.3 is 5.97 Å². The van der Waals surface area contributed by atoms with E-state index < -0.39 is 18.2 Å². The van der Waals surface area contributed by atoms with Gasteiger partial charge in [0.15, 0.2) is 6.61 Å². The summed E-state index contributed by atoms with van der Waals surface area (Å²) in [4.78, 5) is 22.6. The van der Waals surface area contributed by atoms with Crippen molar-refractivity contribution >= 4 is 17.6 Å². The lowest BCUT2D eigenvalue weighted by molar-refractivity contribution is -0.139. The summed E-state index contributed by atoms with van der Waals surface area (Å²) in [6.45, 7) is 5.54. The Morgan fingerprint density at radius 3 is 2.33 bits per heavy atom. The van der Waals surface area contributed by atoms with Gasteiger partial charge in [-0.15, -0.1) is 0 Å². The highest BCUT2D eigenvalue weighted by atomic mass is 16.5. The molecule has 0 bridgehead atoms. The van der Waals surface area contributed by atoms with Crippen LogP contribution in [0, 0.1) is 0 Å². The fourth-order valence-corrected chi connectivity index (χ4v) is 1.69. The highest BCUT2D eigenvalue weighted by molar-refractivity contribution is 5.97. The Morgan fingerprint density at radius 2 is 1.86 bits per heavy atom. The number of rotatable bonds is 8. The molecule has 0 fully saturated rings. The Hall–Kier alpha value is -2.08. The zero-order valence-corrected chi connectivity index (χ0v) is 12.5. The zero-order valence-electron chi connectivity index (χ0n) is 12.5. The molecule has 6 nitrogen and oxygen atoms in total. The number of aliphatic carboxylic acids is 1. The fraction of sp³-hybridized carbons (Fsp3) is 0.467. The van der Waals surface area contributed by atoms with Crippen molar-refractivity contribution in [1.29, 1.82) is 0 Å². The zero-order chi connectivity index (χ0) is 15.9. The summed E-state index contributed by atoms with van der Waals surface area (Å²) in [5.41, 5.74) is -0.269. The number of carbonyl (C=O) groups excluding carboxylic acids is 1. The minimum Gasteiger partial charge on any atom is -0.482 e. The average molecular weight is 295 g/mol. The number of anilines is 1. The van der Waals surface area contributed by atoms with Crippen LogP contribution >= 0.6 is 0 Å². The number of nitrogens with one attached hydrogen (secondary N) is 1. The smallest absolute Gasteiger partial charge is 0.341 e. The van der Waals surface area contributed by atoms with Crippen molar-refractivity contribution in [2.45, 2.75) is 32.8 Å². The highest BCUT2D eigenvalue weighted by Gasteiger charge is 2.31. The number of benzene rings is 1. The first-order valence-electron chi connectivity index (χ1n) is 6.81. The number of amides is 1. The van der Waals surface area contributed by atoms with Crippen molar-refractivity contribution in [3.05, 3.63) is 24.3 Å². The molecule has 0 heterocycles. The summed E-state index contributed by atoms with van der Waals surface area (Å²) >= 11 is 0.